The monoisotopic (exact) mass is 887 g/mol. The van der Waals surface area contributed by atoms with E-state index in [2.05, 4.69) is 48.0 Å². The number of benzene rings is 3. The molecule has 1 aromatic heterocycles. The first-order valence-corrected chi connectivity index (χ1v) is 23.7. The van der Waals surface area contributed by atoms with Crippen LogP contribution in [0.25, 0.3) is 10.8 Å². The molecule has 3 heterocycles. The van der Waals surface area contributed by atoms with Crippen LogP contribution in [0.15, 0.2) is 108 Å². The van der Waals surface area contributed by atoms with Crippen molar-refractivity contribution in [2.75, 3.05) is 33.0 Å². The highest BCUT2D eigenvalue weighted by Crippen LogP contribution is 2.62. The number of aryl methyl sites for hydroxylation is 1. The summed E-state index contributed by atoms with van der Waals surface area (Å²) in [5, 5.41) is 27.1. The summed E-state index contributed by atoms with van der Waals surface area (Å²) in [6, 6.07) is 25.5. The molecular formula is C53H65N3O9. The molecule has 2 aliphatic heterocycles. The van der Waals surface area contributed by atoms with Gasteiger partial charge in [-0.25, -0.2) is 4.79 Å². The van der Waals surface area contributed by atoms with E-state index in [1.54, 1.807) is 11.0 Å². The number of fused-ring (bicyclic) bond motifs is 3. The molecule has 3 aromatic carbocycles. The number of pyridine rings is 1. The number of allylic oxidation sites excluding steroid dienone is 1. The van der Waals surface area contributed by atoms with Gasteiger partial charge < -0.3 is 38.7 Å². The van der Waals surface area contributed by atoms with Crippen molar-refractivity contribution in [3.05, 3.63) is 126 Å². The van der Waals surface area contributed by atoms with Crippen molar-refractivity contribution < 1.29 is 43.5 Å². The summed E-state index contributed by atoms with van der Waals surface area (Å²) < 4.78 is 33.2. The van der Waals surface area contributed by atoms with Gasteiger partial charge in [-0.15, -0.1) is 6.58 Å². The van der Waals surface area contributed by atoms with Crippen LogP contribution < -0.4 is 9.47 Å². The van der Waals surface area contributed by atoms with Gasteiger partial charge in [0.25, 0.3) is 0 Å². The fourth-order valence-corrected chi connectivity index (χ4v) is 10.6. The van der Waals surface area contributed by atoms with Gasteiger partial charge in [0.15, 0.2) is 0 Å². The number of aliphatic hydroxyl groups is 2. The average Bonchev–Trinajstić information content (AvgIpc) is 3.33. The normalized spacial score (nSPS) is 25.2. The van der Waals surface area contributed by atoms with Gasteiger partial charge in [0, 0.05) is 43.2 Å². The Kier molecular flexibility index (Phi) is 15.5. The van der Waals surface area contributed by atoms with Crippen LogP contribution in [-0.2, 0) is 32.2 Å². The van der Waals surface area contributed by atoms with Gasteiger partial charge in [0.2, 0.25) is 12.1 Å². The Morgan fingerprint density at radius 1 is 1.00 bits per heavy atom. The maximum atomic E-state index is 14.8. The number of amides is 1. The number of unbranched alkanes of at least 4 members (excludes halogenated alkanes) is 2. The molecule has 2 fully saturated rings. The van der Waals surface area contributed by atoms with E-state index < -0.39 is 30.1 Å². The molecule has 8 rings (SSSR count). The quantitative estimate of drug-likeness (QED) is 0.0501. The molecule has 0 spiro atoms. The second-order valence-corrected chi connectivity index (χ2v) is 17.7. The van der Waals surface area contributed by atoms with Gasteiger partial charge in [-0.3, -0.25) is 9.88 Å². The van der Waals surface area contributed by atoms with Crippen LogP contribution in [0.5, 0.6) is 11.5 Å². The minimum atomic E-state index is -1.45. The third kappa shape index (κ3) is 10.3. The molecule has 1 unspecified atom stereocenters. The number of hydrogen-bond donors (Lipinski definition) is 2. The molecule has 1 saturated heterocycles. The second-order valence-electron chi connectivity index (χ2n) is 17.7. The zero-order chi connectivity index (χ0) is 45.2. The maximum absolute atomic E-state index is 14.8. The number of rotatable bonds is 20. The summed E-state index contributed by atoms with van der Waals surface area (Å²) in [5.74, 6) is -0.712. The molecule has 0 radical (unpaired) electrons. The zero-order valence-electron chi connectivity index (χ0n) is 37.9. The molecule has 2 N–H and O–H groups in total. The van der Waals surface area contributed by atoms with E-state index in [4.69, 9.17) is 33.7 Å². The lowest BCUT2D eigenvalue weighted by Gasteiger charge is -2.60. The number of carbonyl (C=O) groups is 1. The standard InChI is InChI=1S/C53H65N3O9/c1-4-29-63-53-48(56(52(59)60-5-2)34-39-20-15-19-37-17-6-7-22-42(37)39)33-46(55-65-49-24-10-13-30-61-49)44-31-38(18-8-11-27-57)43(23-9-12-28-58)50(51(44)53)45-32-41(25-26-47(45)64-53)62-35-40-21-14-16-36(3)54-40/h4,6-7,14-17,19-22,25-26,31-32,38,43,48-51,57-58H,1,5,8-13,18,23-24,27-30,33-35H2,2-3H3/t38-,43+,48-,49?,50+,51+,53+/m0/s1. The Bertz CT molecular complexity index is 2300. The molecule has 1 saturated carbocycles. The van der Waals surface area contributed by atoms with E-state index in [0.29, 0.717) is 43.3 Å². The van der Waals surface area contributed by atoms with Crippen molar-refractivity contribution in [3.63, 3.8) is 0 Å². The third-order valence-electron chi connectivity index (χ3n) is 13.5. The average molecular weight is 888 g/mol. The SMILES string of the molecule is C=CCO[C@@]12Oc3ccc(OCc4cccc(C)n4)cc3[C@H]3[C@H](CCCCO)[C@@H](CCCCO)C=C(C(=NOC4CCCCO4)C[C@@H]1N(Cc1cccc4ccccc14)C(=O)OCC)[C@H]32. The van der Waals surface area contributed by atoms with Crippen LogP contribution in [0, 0.1) is 24.7 Å². The molecule has 1 amide bonds. The number of carbonyl (C=O) groups excluding carboxylic acids is 1. The second kappa shape index (κ2) is 21.8. The molecule has 12 heteroatoms. The Balaban J connectivity index is 1.33. The predicted octanol–water partition coefficient (Wildman–Crippen LogP) is 9.94. The lowest BCUT2D eigenvalue weighted by atomic mass is 9.55. The lowest BCUT2D eigenvalue weighted by molar-refractivity contribution is -0.256. The first-order valence-electron chi connectivity index (χ1n) is 23.7. The molecule has 346 valence electrons. The van der Waals surface area contributed by atoms with Gasteiger partial charge in [-0.2, -0.15) is 0 Å². The van der Waals surface area contributed by atoms with Crippen LogP contribution in [0.1, 0.15) is 99.6 Å². The van der Waals surface area contributed by atoms with Gasteiger partial charge in [-0.05, 0) is 116 Å². The predicted molar refractivity (Wildman–Crippen MR) is 249 cm³/mol. The Labute approximate surface area is 383 Å². The number of hydrogen-bond acceptors (Lipinski definition) is 11. The van der Waals surface area contributed by atoms with E-state index in [1.165, 1.54) is 0 Å². The fourth-order valence-electron chi connectivity index (χ4n) is 10.6. The van der Waals surface area contributed by atoms with E-state index in [-0.39, 0.29) is 57.1 Å². The van der Waals surface area contributed by atoms with E-state index in [1.807, 2.05) is 62.4 Å². The van der Waals surface area contributed by atoms with Gasteiger partial charge >= 0.3 is 6.09 Å². The van der Waals surface area contributed by atoms with E-state index in [0.717, 1.165) is 83.8 Å². The Morgan fingerprint density at radius 2 is 1.82 bits per heavy atom. The molecule has 4 aromatic rings. The number of ether oxygens (including phenoxy) is 5. The first-order chi connectivity index (χ1) is 31.9. The largest absolute Gasteiger partial charge is 0.487 e. The fraction of sp³-hybridized carbons (Fsp3) is 0.491. The molecule has 12 nitrogen and oxygen atoms in total. The highest BCUT2D eigenvalue weighted by molar-refractivity contribution is 6.03. The van der Waals surface area contributed by atoms with Crippen LogP contribution in [0.2, 0.25) is 0 Å². The summed E-state index contributed by atoms with van der Waals surface area (Å²) in [6.45, 7) is 9.49. The number of nitrogens with zero attached hydrogens (tertiary/aromatic N) is 3. The minimum absolute atomic E-state index is 0.0498. The van der Waals surface area contributed by atoms with Crippen molar-refractivity contribution in [1.29, 1.82) is 0 Å². The molecule has 2 aliphatic carbocycles. The van der Waals surface area contributed by atoms with Crippen molar-refractivity contribution >= 4 is 22.6 Å². The van der Waals surface area contributed by atoms with Gasteiger partial charge in [0.05, 0.1) is 43.7 Å². The Morgan fingerprint density at radius 3 is 2.60 bits per heavy atom. The lowest BCUT2D eigenvalue weighted by Crippen LogP contribution is -2.70. The maximum Gasteiger partial charge on any atom is 0.410 e. The summed E-state index contributed by atoms with van der Waals surface area (Å²) >= 11 is 0. The highest BCUT2D eigenvalue weighted by atomic mass is 16.8. The third-order valence-corrected chi connectivity index (χ3v) is 13.5. The summed E-state index contributed by atoms with van der Waals surface area (Å²) in [6.07, 6.45) is 10.6. The summed E-state index contributed by atoms with van der Waals surface area (Å²) in [7, 11) is 0. The van der Waals surface area contributed by atoms with Crippen LogP contribution >= 0.6 is 0 Å². The van der Waals surface area contributed by atoms with Crippen molar-refractivity contribution in [1.82, 2.24) is 9.88 Å². The topological polar surface area (TPSA) is 141 Å². The summed E-state index contributed by atoms with van der Waals surface area (Å²) in [4.78, 5) is 27.6. The number of aromatic nitrogens is 1. The first kappa shape index (κ1) is 46.3. The van der Waals surface area contributed by atoms with Crippen molar-refractivity contribution in [2.45, 2.75) is 115 Å². The molecule has 7 atom stereocenters. The van der Waals surface area contributed by atoms with Gasteiger partial charge in [-0.1, -0.05) is 78.7 Å². The Hall–Kier alpha value is -5.27. The molecule has 65 heavy (non-hydrogen) atoms. The molecule has 0 bridgehead atoms. The van der Waals surface area contributed by atoms with Gasteiger partial charge in [0.1, 0.15) is 24.1 Å². The van der Waals surface area contributed by atoms with Crippen LogP contribution in [0.3, 0.4) is 0 Å². The highest BCUT2D eigenvalue weighted by Gasteiger charge is 2.65. The van der Waals surface area contributed by atoms with Crippen molar-refractivity contribution in [3.8, 4) is 11.5 Å². The molecular weight excluding hydrogens is 823 g/mol. The van der Waals surface area contributed by atoms with Crippen LogP contribution in [0.4, 0.5) is 4.79 Å². The smallest absolute Gasteiger partial charge is 0.410 e. The minimum Gasteiger partial charge on any atom is -0.487 e. The van der Waals surface area contributed by atoms with Crippen molar-refractivity contribution in [2.24, 2.45) is 22.9 Å². The number of aliphatic hydroxyl groups excluding tert-OH is 2. The van der Waals surface area contributed by atoms with E-state index >= 15 is 0 Å². The van der Waals surface area contributed by atoms with Crippen LogP contribution in [-0.4, -0.2) is 83.1 Å². The number of oxime groups is 1. The van der Waals surface area contributed by atoms with E-state index in [9.17, 15) is 15.0 Å². The molecule has 4 aliphatic rings. The summed E-state index contributed by atoms with van der Waals surface area (Å²) in [5.41, 5.74) is 5.33. The zero-order valence-corrected chi connectivity index (χ0v) is 37.9.